The molecule has 1 aliphatic rings. The van der Waals surface area contributed by atoms with E-state index >= 15 is 0 Å². The summed E-state index contributed by atoms with van der Waals surface area (Å²) in [6.07, 6.45) is 1.11. The van der Waals surface area contributed by atoms with Crippen molar-refractivity contribution in [2.24, 2.45) is 11.7 Å². The maximum atomic E-state index is 11.1. The molecule has 0 radical (unpaired) electrons. The van der Waals surface area contributed by atoms with Gasteiger partial charge in [-0.05, 0) is 36.6 Å². The molecule has 1 saturated heterocycles. The van der Waals surface area contributed by atoms with Crippen molar-refractivity contribution >= 4 is 52.3 Å². The number of amides is 1. The van der Waals surface area contributed by atoms with Crippen LogP contribution in [0, 0.1) is 5.92 Å². The third kappa shape index (κ3) is 5.48. The van der Waals surface area contributed by atoms with E-state index in [1.807, 2.05) is 0 Å². The number of hydrogen-bond acceptors (Lipinski definition) is 3. The molecule has 0 aliphatic carbocycles. The van der Waals surface area contributed by atoms with Crippen molar-refractivity contribution < 1.29 is 4.79 Å². The molecule has 2 rings (SSSR count). The fourth-order valence-corrected chi connectivity index (χ4v) is 2.48. The molecule has 4 nitrogen and oxygen atoms in total. The van der Waals surface area contributed by atoms with E-state index in [1.54, 1.807) is 0 Å². The molecule has 1 amide bonds. The number of benzene rings is 1. The Morgan fingerprint density at radius 3 is 2.60 bits per heavy atom. The molecule has 0 aromatic heterocycles. The van der Waals surface area contributed by atoms with Gasteiger partial charge in [0, 0.05) is 29.8 Å². The van der Waals surface area contributed by atoms with Crippen LogP contribution in [0.4, 0.5) is 5.69 Å². The van der Waals surface area contributed by atoms with Crippen molar-refractivity contribution in [3.8, 4) is 0 Å². The van der Waals surface area contributed by atoms with Gasteiger partial charge in [0.25, 0.3) is 0 Å². The van der Waals surface area contributed by atoms with Crippen LogP contribution < -0.4 is 16.0 Å². The number of carbonyl (C=O) groups is 1. The van der Waals surface area contributed by atoms with Crippen LogP contribution in [0.1, 0.15) is 6.42 Å². The third-order valence-corrected chi connectivity index (χ3v) is 3.78. The highest BCUT2D eigenvalue weighted by Gasteiger charge is 2.22. The smallest absolute Gasteiger partial charge is 0.233 e. The molecule has 1 aromatic rings. The monoisotopic (exact) mass is 383 g/mol. The summed E-state index contributed by atoms with van der Waals surface area (Å²) in [5.41, 5.74) is 6.50. The van der Waals surface area contributed by atoms with Gasteiger partial charge < -0.3 is 16.0 Å². The second kappa shape index (κ2) is 9.45. The maximum absolute atomic E-state index is 11.1. The number of halogens is 3. The van der Waals surface area contributed by atoms with Gasteiger partial charge in [0.1, 0.15) is 0 Å². The highest BCUT2D eigenvalue weighted by atomic mass is 79.9. The second-order valence-corrected chi connectivity index (χ2v) is 5.50. The molecule has 7 heteroatoms. The Kier molecular flexibility index (Phi) is 9.22. The van der Waals surface area contributed by atoms with Crippen LogP contribution in [-0.2, 0) is 4.79 Å². The first-order valence-electron chi connectivity index (χ1n) is 6.16. The lowest BCUT2D eigenvalue weighted by Gasteiger charge is -2.19. The van der Waals surface area contributed by atoms with E-state index in [0.717, 1.165) is 30.5 Å². The molecular formula is C13H20BrCl2N3O. The number of nitrogens with one attached hydrogen (secondary N) is 1. The third-order valence-electron chi connectivity index (χ3n) is 3.25. The van der Waals surface area contributed by atoms with Gasteiger partial charge in [0.2, 0.25) is 5.91 Å². The molecule has 3 N–H and O–H groups in total. The van der Waals surface area contributed by atoms with Crippen LogP contribution in [-0.4, -0.2) is 32.1 Å². The van der Waals surface area contributed by atoms with Gasteiger partial charge >= 0.3 is 0 Å². The van der Waals surface area contributed by atoms with Crippen molar-refractivity contribution in [2.45, 2.75) is 6.42 Å². The molecule has 114 valence electrons. The number of nitrogens with two attached hydrogens (primary N) is 1. The normalized spacial score (nSPS) is 17.1. The van der Waals surface area contributed by atoms with E-state index in [9.17, 15) is 4.79 Å². The lowest BCUT2D eigenvalue weighted by molar-refractivity contribution is -0.119. The van der Waals surface area contributed by atoms with E-state index in [2.05, 4.69) is 50.4 Å². The first-order chi connectivity index (χ1) is 8.69. The number of hydrogen-bond donors (Lipinski definition) is 2. The van der Waals surface area contributed by atoms with Gasteiger partial charge in [0.15, 0.2) is 0 Å². The van der Waals surface area contributed by atoms with Crippen LogP contribution in [0.2, 0.25) is 0 Å². The second-order valence-electron chi connectivity index (χ2n) is 4.59. The predicted molar refractivity (Wildman–Crippen MR) is 91.0 cm³/mol. The van der Waals surface area contributed by atoms with Crippen LogP contribution in [0.25, 0.3) is 0 Å². The van der Waals surface area contributed by atoms with E-state index in [0.29, 0.717) is 5.92 Å². The molecule has 1 unspecified atom stereocenters. The summed E-state index contributed by atoms with van der Waals surface area (Å²) in [4.78, 5) is 13.5. The Bertz CT molecular complexity index is 417. The van der Waals surface area contributed by atoms with Gasteiger partial charge in [0.05, 0.1) is 6.54 Å². The zero-order valence-corrected chi connectivity index (χ0v) is 14.3. The number of anilines is 1. The molecule has 1 heterocycles. The summed E-state index contributed by atoms with van der Waals surface area (Å²) >= 11 is 3.44. The van der Waals surface area contributed by atoms with Gasteiger partial charge in [-0.15, -0.1) is 24.8 Å². The Balaban J connectivity index is 0.00000180. The standard InChI is InChI=1S/C13H18BrN3O.2ClH/c14-11-1-3-12(4-2-11)17-6-5-10(9-17)8-16-13(18)7-15;;/h1-4,10H,5-9,15H2,(H,16,18);2*1H. The SMILES string of the molecule is Cl.Cl.NCC(=O)NCC1CCN(c2ccc(Br)cc2)C1. The zero-order valence-electron chi connectivity index (χ0n) is 11.0. The Morgan fingerprint density at radius 1 is 1.35 bits per heavy atom. The highest BCUT2D eigenvalue weighted by molar-refractivity contribution is 9.10. The van der Waals surface area contributed by atoms with Crippen molar-refractivity contribution in [3.63, 3.8) is 0 Å². The minimum absolute atomic E-state index is 0. The summed E-state index contributed by atoms with van der Waals surface area (Å²) in [5.74, 6) is 0.446. The fourth-order valence-electron chi connectivity index (χ4n) is 2.22. The lowest BCUT2D eigenvalue weighted by Crippen LogP contribution is -2.35. The predicted octanol–water partition coefficient (Wildman–Crippen LogP) is 2.19. The molecule has 0 spiro atoms. The topological polar surface area (TPSA) is 58.4 Å². The number of nitrogens with zero attached hydrogens (tertiary/aromatic N) is 1. The number of carbonyl (C=O) groups excluding carboxylic acids is 1. The first-order valence-corrected chi connectivity index (χ1v) is 6.95. The Labute approximate surface area is 140 Å². The van der Waals surface area contributed by atoms with Crippen molar-refractivity contribution in [3.05, 3.63) is 28.7 Å². The van der Waals surface area contributed by atoms with E-state index in [4.69, 9.17) is 5.73 Å². The van der Waals surface area contributed by atoms with Gasteiger partial charge in [-0.1, -0.05) is 15.9 Å². The molecule has 0 saturated carbocycles. The largest absolute Gasteiger partial charge is 0.371 e. The van der Waals surface area contributed by atoms with Crippen molar-refractivity contribution in [1.82, 2.24) is 5.32 Å². The lowest BCUT2D eigenvalue weighted by atomic mass is 10.1. The average molecular weight is 385 g/mol. The van der Waals surface area contributed by atoms with Gasteiger partial charge in [-0.2, -0.15) is 0 Å². The van der Waals surface area contributed by atoms with E-state index in [1.165, 1.54) is 5.69 Å². The average Bonchev–Trinajstić information content (AvgIpc) is 2.85. The molecular weight excluding hydrogens is 365 g/mol. The molecule has 1 atom stereocenters. The quantitative estimate of drug-likeness (QED) is 0.836. The minimum Gasteiger partial charge on any atom is -0.371 e. The van der Waals surface area contributed by atoms with E-state index in [-0.39, 0.29) is 37.3 Å². The Morgan fingerprint density at radius 2 is 2.00 bits per heavy atom. The highest BCUT2D eigenvalue weighted by Crippen LogP contribution is 2.24. The Hall–Kier alpha value is -0.490. The fraction of sp³-hybridized carbons (Fsp3) is 0.462. The summed E-state index contributed by atoms with van der Waals surface area (Å²) in [6, 6.07) is 8.34. The van der Waals surface area contributed by atoms with Crippen LogP contribution in [0.15, 0.2) is 28.7 Å². The van der Waals surface area contributed by atoms with Gasteiger partial charge in [-0.25, -0.2) is 0 Å². The molecule has 0 bridgehead atoms. The summed E-state index contributed by atoms with van der Waals surface area (Å²) < 4.78 is 1.09. The van der Waals surface area contributed by atoms with Crippen LogP contribution in [0.3, 0.4) is 0 Å². The van der Waals surface area contributed by atoms with Gasteiger partial charge in [-0.3, -0.25) is 4.79 Å². The molecule has 1 aromatic carbocycles. The van der Waals surface area contributed by atoms with Crippen LogP contribution in [0.5, 0.6) is 0 Å². The minimum atomic E-state index is -0.0721. The zero-order chi connectivity index (χ0) is 13.0. The molecule has 1 fully saturated rings. The summed E-state index contributed by atoms with van der Waals surface area (Å²) in [7, 11) is 0. The van der Waals surface area contributed by atoms with E-state index < -0.39 is 0 Å². The molecule has 20 heavy (non-hydrogen) atoms. The number of rotatable bonds is 4. The summed E-state index contributed by atoms with van der Waals surface area (Å²) in [5, 5.41) is 2.86. The summed E-state index contributed by atoms with van der Waals surface area (Å²) in [6.45, 7) is 2.84. The van der Waals surface area contributed by atoms with Crippen molar-refractivity contribution in [1.29, 1.82) is 0 Å². The molecule has 1 aliphatic heterocycles. The van der Waals surface area contributed by atoms with Crippen molar-refractivity contribution in [2.75, 3.05) is 31.1 Å². The first kappa shape index (κ1) is 19.5. The van der Waals surface area contributed by atoms with Crippen LogP contribution >= 0.6 is 40.7 Å². The maximum Gasteiger partial charge on any atom is 0.233 e.